The number of carbonyl (C=O) groups excluding carboxylic acids is 1. The van der Waals surface area contributed by atoms with Crippen LogP contribution in [-0.4, -0.2) is 36.0 Å². The highest BCUT2D eigenvalue weighted by Gasteiger charge is 2.21. The lowest BCUT2D eigenvalue weighted by Crippen LogP contribution is -2.37. The van der Waals surface area contributed by atoms with Crippen molar-refractivity contribution in [3.8, 4) is 5.75 Å². The van der Waals surface area contributed by atoms with Crippen molar-refractivity contribution in [2.75, 3.05) is 25.5 Å². The van der Waals surface area contributed by atoms with Gasteiger partial charge in [0, 0.05) is 30.5 Å². The van der Waals surface area contributed by atoms with Crippen LogP contribution in [0.3, 0.4) is 0 Å². The predicted octanol–water partition coefficient (Wildman–Crippen LogP) is 4.36. The number of methoxy groups -OCH3 is 1. The smallest absolute Gasteiger partial charge is 0.254 e. The number of amides is 1. The van der Waals surface area contributed by atoms with Crippen molar-refractivity contribution in [3.63, 3.8) is 0 Å². The first-order chi connectivity index (χ1) is 12.1. The Kier molecular flexibility index (Phi) is 5.43. The van der Waals surface area contributed by atoms with Gasteiger partial charge in [-0.05, 0) is 49.1 Å². The number of nitrogens with one attached hydrogen (secondary N) is 1. The lowest BCUT2D eigenvalue weighted by molar-refractivity contribution is 0.0697. The number of carbonyl (C=O) groups is 1. The summed E-state index contributed by atoms with van der Waals surface area (Å²) in [5.74, 6) is 1.98. The van der Waals surface area contributed by atoms with E-state index in [0.717, 1.165) is 31.6 Å². The lowest BCUT2D eigenvalue weighted by atomic mass is 9.99. The largest absolute Gasteiger partial charge is 0.495 e. The van der Waals surface area contributed by atoms with Crippen LogP contribution in [0.5, 0.6) is 5.75 Å². The maximum atomic E-state index is 12.7. The van der Waals surface area contributed by atoms with Crippen molar-refractivity contribution in [2.24, 2.45) is 5.92 Å². The van der Waals surface area contributed by atoms with Crippen molar-refractivity contribution in [1.29, 1.82) is 0 Å². The van der Waals surface area contributed by atoms with Crippen LogP contribution in [0, 0.1) is 5.92 Å². The van der Waals surface area contributed by atoms with Crippen LogP contribution in [0.4, 0.5) is 11.5 Å². The number of hydrogen-bond donors (Lipinski definition) is 1. The van der Waals surface area contributed by atoms with Crippen molar-refractivity contribution in [1.82, 2.24) is 9.88 Å². The first kappa shape index (κ1) is 17.5. The molecule has 25 heavy (non-hydrogen) atoms. The van der Waals surface area contributed by atoms with E-state index in [1.54, 1.807) is 37.6 Å². The summed E-state index contributed by atoms with van der Waals surface area (Å²) in [4.78, 5) is 18.9. The van der Waals surface area contributed by atoms with Crippen LogP contribution >= 0.6 is 11.6 Å². The molecule has 0 bridgehead atoms. The van der Waals surface area contributed by atoms with Crippen molar-refractivity contribution < 1.29 is 9.53 Å². The SMILES string of the molecule is COc1ccc(Nc2cc(C(=O)N3CCC(C)CC3)ccn2)cc1Cl. The number of pyridine rings is 1. The molecule has 1 aromatic carbocycles. The molecule has 1 saturated heterocycles. The molecule has 5 nitrogen and oxygen atoms in total. The highest BCUT2D eigenvalue weighted by atomic mass is 35.5. The minimum absolute atomic E-state index is 0.0603. The molecule has 0 radical (unpaired) electrons. The number of rotatable bonds is 4. The van der Waals surface area contributed by atoms with Crippen LogP contribution in [0.2, 0.25) is 5.02 Å². The van der Waals surface area contributed by atoms with Gasteiger partial charge in [-0.3, -0.25) is 4.79 Å². The van der Waals surface area contributed by atoms with E-state index in [0.29, 0.717) is 28.1 Å². The fourth-order valence-corrected chi connectivity index (χ4v) is 3.18. The first-order valence-corrected chi connectivity index (χ1v) is 8.80. The van der Waals surface area contributed by atoms with Crippen LogP contribution in [0.1, 0.15) is 30.1 Å². The van der Waals surface area contributed by atoms with Crippen molar-refractivity contribution >= 4 is 29.0 Å². The van der Waals surface area contributed by atoms with Gasteiger partial charge in [-0.1, -0.05) is 18.5 Å². The maximum absolute atomic E-state index is 12.7. The Morgan fingerprint density at radius 2 is 2.04 bits per heavy atom. The molecule has 1 aliphatic rings. The van der Waals surface area contributed by atoms with Crippen molar-refractivity contribution in [2.45, 2.75) is 19.8 Å². The molecule has 6 heteroatoms. The number of likely N-dealkylation sites (tertiary alicyclic amines) is 1. The van der Waals surface area contributed by atoms with E-state index in [-0.39, 0.29) is 5.91 Å². The van der Waals surface area contributed by atoms with E-state index >= 15 is 0 Å². The zero-order chi connectivity index (χ0) is 17.8. The number of piperidine rings is 1. The molecular formula is C19H22ClN3O2. The van der Waals surface area contributed by atoms with Crippen LogP contribution < -0.4 is 10.1 Å². The molecule has 1 N–H and O–H groups in total. The van der Waals surface area contributed by atoms with E-state index in [1.165, 1.54) is 0 Å². The third kappa shape index (κ3) is 4.23. The zero-order valence-corrected chi connectivity index (χ0v) is 15.2. The third-order valence-electron chi connectivity index (χ3n) is 4.50. The van der Waals surface area contributed by atoms with Crippen LogP contribution in [0.25, 0.3) is 0 Å². The van der Waals surface area contributed by atoms with Gasteiger partial charge in [0.15, 0.2) is 0 Å². The van der Waals surface area contributed by atoms with Gasteiger partial charge in [0.25, 0.3) is 5.91 Å². The van der Waals surface area contributed by atoms with E-state index < -0.39 is 0 Å². The van der Waals surface area contributed by atoms with Gasteiger partial charge < -0.3 is 15.0 Å². The Balaban J connectivity index is 1.73. The molecule has 0 atom stereocenters. The minimum Gasteiger partial charge on any atom is -0.495 e. The Hall–Kier alpha value is -2.27. The van der Waals surface area contributed by atoms with Crippen LogP contribution in [-0.2, 0) is 0 Å². The summed E-state index contributed by atoms with van der Waals surface area (Å²) in [6.45, 7) is 3.87. The van der Waals surface area contributed by atoms with Gasteiger partial charge in [0.2, 0.25) is 0 Å². The van der Waals surface area contributed by atoms with E-state index in [1.807, 2.05) is 11.0 Å². The summed E-state index contributed by atoms with van der Waals surface area (Å²) < 4.78 is 5.15. The van der Waals surface area contributed by atoms with Crippen LogP contribution in [0.15, 0.2) is 36.5 Å². The Morgan fingerprint density at radius 3 is 2.72 bits per heavy atom. The molecule has 1 aliphatic heterocycles. The fourth-order valence-electron chi connectivity index (χ4n) is 2.92. The zero-order valence-electron chi connectivity index (χ0n) is 14.5. The second-order valence-electron chi connectivity index (χ2n) is 6.38. The summed E-state index contributed by atoms with van der Waals surface area (Å²) in [6, 6.07) is 8.94. The fraction of sp³-hybridized carbons (Fsp3) is 0.368. The highest BCUT2D eigenvalue weighted by Crippen LogP contribution is 2.28. The average molecular weight is 360 g/mol. The number of hydrogen-bond acceptors (Lipinski definition) is 4. The monoisotopic (exact) mass is 359 g/mol. The summed E-state index contributed by atoms with van der Waals surface area (Å²) in [7, 11) is 1.58. The predicted molar refractivity (Wildman–Crippen MR) is 99.8 cm³/mol. The first-order valence-electron chi connectivity index (χ1n) is 8.42. The van der Waals surface area contributed by atoms with Gasteiger partial charge in [0.1, 0.15) is 11.6 Å². The van der Waals surface area contributed by atoms with Gasteiger partial charge in [-0.25, -0.2) is 4.98 Å². The molecule has 2 aromatic rings. The quantitative estimate of drug-likeness (QED) is 0.881. The molecular weight excluding hydrogens is 338 g/mol. The molecule has 0 unspecified atom stereocenters. The maximum Gasteiger partial charge on any atom is 0.254 e. The number of halogens is 1. The van der Waals surface area contributed by atoms with Gasteiger partial charge in [-0.2, -0.15) is 0 Å². The highest BCUT2D eigenvalue weighted by molar-refractivity contribution is 6.32. The Bertz CT molecular complexity index is 758. The molecule has 1 fully saturated rings. The molecule has 132 valence electrons. The number of benzene rings is 1. The number of aromatic nitrogens is 1. The topological polar surface area (TPSA) is 54.5 Å². The van der Waals surface area contributed by atoms with Crippen molar-refractivity contribution in [3.05, 3.63) is 47.1 Å². The normalized spacial score (nSPS) is 15.1. The lowest BCUT2D eigenvalue weighted by Gasteiger charge is -2.30. The van der Waals surface area contributed by atoms with Gasteiger partial charge >= 0.3 is 0 Å². The third-order valence-corrected chi connectivity index (χ3v) is 4.80. The van der Waals surface area contributed by atoms with Gasteiger partial charge in [0.05, 0.1) is 12.1 Å². The van der Waals surface area contributed by atoms with E-state index in [9.17, 15) is 4.79 Å². The summed E-state index contributed by atoms with van der Waals surface area (Å²) in [6.07, 6.45) is 3.77. The summed E-state index contributed by atoms with van der Waals surface area (Å²) in [5, 5.41) is 3.70. The molecule has 2 heterocycles. The molecule has 0 spiro atoms. The summed E-state index contributed by atoms with van der Waals surface area (Å²) >= 11 is 6.14. The van der Waals surface area contributed by atoms with E-state index in [2.05, 4.69) is 17.2 Å². The number of anilines is 2. The number of nitrogens with zero attached hydrogens (tertiary/aromatic N) is 2. The second-order valence-corrected chi connectivity index (χ2v) is 6.79. The molecule has 1 amide bonds. The minimum atomic E-state index is 0.0603. The molecule has 0 saturated carbocycles. The van der Waals surface area contributed by atoms with E-state index in [4.69, 9.17) is 16.3 Å². The Morgan fingerprint density at radius 1 is 1.28 bits per heavy atom. The summed E-state index contributed by atoms with van der Waals surface area (Å²) in [5.41, 5.74) is 1.43. The molecule has 3 rings (SSSR count). The number of ether oxygens (including phenoxy) is 1. The molecule has 1 aromatic heterocycles. The average Bonchev–Trinajstić information content (AvgIpc) is 2.62. The molecule has 0 aliphatic carbocycles. The standard InChI is InChI=1S/C19H22ClN3O2/c1-13-6-9-23(10-7-13)19(24)14-5-8-21-18(11-14)22-15-3-4-17(25-2)16(20)12-15/h3-5,8,11-13H,6-7,9-10H2,1-2H3,(H,21,22). The van der Waals surface area contributed by atoms with Gasteiger partial charge in [-0.15, -0.1) is 0 Å². The Labute approximate surface area is 153 Å². The second kappa shape index (κ2) is 7.74.